The molecule has 2 heterocycles. The van der Waals surface area contributed by atoms with E-state index < -0.39 is 5.91 Å². The van der Waals surface area contributed by atoms with Crippen LogP contribution in [-0.4, -0.2) is 41.2 Å². The Balaban J connectivity index is 0.00000200. The van der Waals surface area contributed by atoms with E-state index in [1.165, 1.54) is 0 Å². The van der Waals surface area contributed by atoms with Crippen molar-refractivity contribution in [1.82, 2.24) is 20.4 Å². The lowest BCUT2D eigenvalue weighted by Gasteiger charge is -2.20. The normalized spacial score (nSPS) is 18.1. The molecule has 4 N–H and O–H groups in total. The summed E-state index contributed by atoms with van der Waals surface area (Å²) < 4.78 is 1.58. The van der Waals surface area contributed by atoms with Gasteiger partial charge in [-0.1, -0.05) is 0 Å². The topological polar surface area (TPSA) is 102 Å². The first-order chi connectivity index (χ1) is 9.15. The Kier molecular flexibility index (Phi) is 6.47. The third-order valence-electron chi connectivity index (χ3n) is 3.14. The fourth-order valence-corrected chi connectivity index (χ4v) is 2.18. The van der Waals surface area contributed by atoms with E-state index in [0.717, 1.165) is 31.6 Å². The van der Waals surface area contributed by atoms with Gasteiger partial charge in [-0.15, -0.1) is 12.4 Å². The van der Waals surface area contributed by atoms with Crippen molar-refractivity contribution >= 4 is 24.2 Å². The van der Waals surface area contributed by atoms with E-state index in [-0.39, 0.29) is 31.4 Å². The van der Waals surface area contributed by atoms with Crippen LogP contribution >= 0.6 is 12.4 Å². The Labute approximate surface area is 123 Å². The summed E-state index contributed by atoms with van der Waals surface area (Å²) in [4.78, 5) is 22.1. The van der Waals surface area contributed by atoms with Crippen LogP contribution in [-0.2, 0) is 16.1 Å². The van der Waals surface area contributed by atoms with E-state index in [0.29, 0.717) is 5.92 Å². The quantitative estimate of drug-likeness (QED) is 0.674. The highest BCUT2D eigenvalue weighted by Gasteiger charge is 2.17. The molecule has 2 rings (SSSR count). The third-order valence-corrected chi connectivity index (χ3v) is 3.14. The van der Waals surface area contributed by atoms with Gasteiger partial charge in [0.2, 0.25) is 11.8 Å². The number of nitrogens with two attached hydrogens (primary N) is 1. The number of amides is 2. The first-order valence-electron chi connectivity index (χ1n) is 6.44. The smallest absolute Gasteiger partial charge is 0.242 e. The summed E-state index contributed by atoms with van der Waals surface area (Å²) in [5, 5.41) is 10.2. The maximum atomic E-state index is 11.5. The van der Waals surface area contributed by atoms with E-state index >= 15 is 0 Å². The largest absolute Gasteiger partial charge is 0.368 e. The minimum absolute atomic E-state index is 0. The molecule has 0 radical (unpaired) electrons. The van der Waals surface area contributed by atoms with Gasteiger partial charge in [0.25, 0.3) is 0 Å². The molecule has 1 fully saturated rings. The second-order valence-corrected chi connectivity index (χ2v) is 4.72. The standard InChI is InChI=1S/C12H19N5O2.ClH/c13-11(18)7-15-12(19)8-17-5-3-10(16-17)9-2-1-4-14-6-9;/h3,5,9,14H,1-2,4,6-8H2,(H2,13,18)(H,15,19);1H. The fourth-order valence-electron chi connectivity index (χ4n) is 2.18. The van der Waals surface area contributed by atoms with Gasteiger partial charge in [-0.2, -0.15) is 5.10 Å². The Hall–Kier alpha value is -1.60. The van der Waals surface area contributed by atoms with Crippen molar-refractivity contribution in [2.45, 2.75) is 25.3 Å². The second-order valence-electron chi connectivity index (χ2n) is 4.72. The van der Waals surface area contributed by atoms with E-state index in [1.54, 1.807) is 10.9 Å². The van der Waals surface area contributed by atoms with Crippen molar-refractivity contribution in [3.63, 3.8) is 0 Å². The first-order valence-corrected chi connectivity index (χ1v) is 6.44. The van der Waals surface area contributed by atoms with Gasteiger partial charge in [0.05, 0.1) is 12.2 Å². The number of halogens is 1. The summed E-state index contributed by atoms with van der Waals surface area (Å²) in [5.74, 6) is -0.401. The van der Waals surface area contributed by atoms with Crippen molar-refractivity contribution in [2.75, 3.05) is 19.6 Å². The number of piperidine rings is 1. The molecule has 1 aromatic heterocycles. The van der Waals surface area contributed by atoms with Gasteiger partial charge in [-0.3, -0.25) is 14.3 Å². The monoisotopic (exact) mass is 301 g/mol. The molecule has 1 aliphatic heterocycles. The van der Waals surface area contributed by atoms with Gasteiger partial charge in [0.1, 0.15) is 6.54 Å². The summed E-state index contributed by atoms with van der Waals surface area (Å²) in [6.45, 7) is 1.96. The average Bonchev–Trinajstić information content (AvgIpc) is 2.86. The van der Waals surface area contributed by atoms with E-state index in [2.05, 4.69) is 15.7 Å². The number of hydrogen-bond donors (Lipinski definition) is 3. The van der Waals surface area contributed by atoms with Crippen LogP contribution in [0.5, 0.6) is 0 Å². The number of carbonyl (C=O) groups excluding carboxylic acids is 2. The van der Waals surface area contributed by atoms with Gasteiger partial charge in [-0.05, 0) is 25.5 Å². The van der Waals surface area contributed by atoms with Crippen molar-refractivity contribution < 1.29 is 9.59 Å². The fraction of sp³-hybridized carbons (Fsp3) is 0.583. The van der Waals surface area contributed by atoms with Crippen molar-refractivity contribution in [1.29, 1.82) is 0 Å². The van der Waals surface area contributed by atoms with Gasteiger partial charge in [-0.25, -0.2) is 0 Å². The van der Waals surface area contributed by atoms with Crippen LogP contribution in [0.25, 0.3) is 0 Å². The molecule has 1 saturated heterocycles. The molecule has 0 spiro atoms. The lowest BCUT2D eigenvalue weighted by molar-refractivity contribution is -0.125. The van der Waals surface area contributed by atoms with Crippen LogP contribution in [0, 0.1) is 0 Å². The van der Waals surface area contributed by atoms with Gasteiger partial charge < -0.3 is 16.4 Å². The molecule has 0 saturated carbocycles. The first kappa shape index (κ1) is 16.5. The third kappa shape index (κ3) is 4.82. The Morgan fingerprint density at radius 3 is 3.00 bits per heavy atom. The lowest BCUT2D eigenvalue weighted by Crippen LogP contribution is -2.35. The van der Waals surface area contributed by atoms with Crippen LogP contribution < -0.4 is 16.4 Å². The summed E-state index contributed by atoms with van der Waals surface area (Å²) >= 11 is 0. The lowest BCUT2D eigenvalue weighted by atomic mass is 9.97. The summed E-state index contributed by atoms with van der Waals surface area (Å²) in [6, 6.07) is 1.94. The highest BCUT2D eigenvalue weighted by atomic mass is 35.5. The molecule has 20 heavy (non-hydrogen) atoms. The zero-order valence-electron chi connectivity index (χ0n) is 11.2. The molecule has 1 atom stereocenters. The molecule has 0 aliphatic carbocycles. The average molecular weight is 302 g/mol. The summed E-state index contributed by atoms with van der Waals surface area (Å²) in [6.07, 6.45) is 4.06. The Morgan fingerprint density at radius 1 is 1.55 bits per heavy atom. The molecular weight excluding hydrogens is 282 g/mol. The number of primary amides is 1. The zero-order valence-corrected chi connectivity index (χ0v) is 12.0. The van der Waals surface area contributed by atoms with E-state index in [1.807, 2.05) is 6.07 Å². The number of rotatable bonds is 5. The molecule has 0 bridgehead atoms. The van der Waals surface area contributed by atoms with Crippen LogP contribution in [0.2, 0.25) is 0 Å². The minimum atomic E-state index is -0.553. The number of carbonyl (C=O) groups is 2. The molecule has 1 unspecified atom stereocenters. The highest BCUT2D eigenvalue weighted by molar-refractivity contribution is 5.85. The van der Waals surface area contributed by atoms with Crippen LogP contribution in [0.15, 0.2) is 12.3 Å². The van der Waals surface area contributed by atoms with Crippen molar-refractivity contribution in [3.05, 3.63) is 18.0 Å². The number of nitrogens with one attached hydrogen (secondary N) is 2. The maximum Gasteiger partial charge on any atom is 0.242 e. The van der Waals surface area contributed by atoms with E-state index in [4.69, 9.17) is 5.73 Å². The predicted molar refractivity (Wildman–Crippen MR) is 76.5 cm³/mol. The molecule has 1 aliphatic rings. The van der Waals surface area contributed by atoms with Crippen LogP contribution in [0.3, 0.4) is 0 Å². The molecule has 1 aromatic rings. The van der Waals surface area contributed by atoms with Gasteiger partial charge >= 0.3 is 0 Å². The number of hydrogen-bond acceptors (Lipinski definition) is 4. The van der Waals surface area contributed by atoms with Crippen molar-refractivity contribution in [2.24, 2.45) is 5.73 Å². The molecule has 8 heteroatoms. The maximum absolute atomic E-state index is 11.5. The number of nitrogens with zero attached hydrogens (tertiary/aromatic N) is 2. The predicted octanol–water partition coefficient (Wildman–Crippen LogP) is -0.627. The van der Waals surface area contributed by atoms with E-state index in [9.17, 15) is 9.59 Å². The SMILES string of the molecule is Cl.NC(=O)CNC(=O)Cn1ccc(C2CCCNC2)n1. The van der Waals surface area contributed by atoms with Gasteiger partial charge in [0, 0.05) is 18.7 Å². The zero-order chi connectivity index (χ0) is 13.7. The molecule has 112 valence electrons. The van der Waals surface area contributed by atoms with Crippen LogP contribution in [0.1, 0.15) is 24.5 Å². The Bertz CT molecular complexity index is 456. The minimum Gasteiger partial charge on any atom is -0.368 e. The van der Waals surface area contributed by atoms with Crippen LogP contribution in [0.4, 0.5) is 0 Å². The highest BCUT2D eigenvalue weighted by Crippen LogP contribution is 2.20. The summed E-state index contributed by atoms with van der Waals surface area (Å²) in [7, 11) is 0. The molecule has 2 amide bonds. The molecule has 0 aromatic carbocycles. The summed E-state index contributed by atoms with van der Waals surface area (Å²) in [5.41, 5.74) is 5.96. The van der Waals surface area contributed by atoms with Crippen molar-refractivity contribution in [3.8, 4) is 0 Å². The molecular formula is C12H20ClN5O2. The van der Waals surface area contributed by atoms with Gasteiger partial charge in [0.15, 0.2) is 0 Å². The second kappa shape index (κ2) is 7.86. The number of aromatic nitrogens is 2. The Morgan fingerprint density at radius 2 is 2.35 bits per heavy atom. The molecule has 7 nitrogen and oxygen atoms in total.